The first kappa shape index (κ1) is 13.2. The van der Waals surface area contributed by atoms with Crippen LogP contribution < -0.4 is 11.1 Å². The Kier molecular flexibility index (Phi) is 6.48. The summed E-state index contributed by atoms with van der Waals surface area (Å²) in [6, 6.07) is 2.52. The van der Waals surface area contributed by atoms with Gasteiger partial charge in [0.05, 0.1) is 0 Å². The summed E-state index contributed by atoms with van der Waals surface area (Å²) in [7, 11) is 0. The maximum Gasteiger partial charge on any atom is 0.0285 e. The Balaban J connectivity index is 1.98. The number of nitrogens with one attached hydrogen (secondary N) is 1. The van der Waals surface area contributed by atoms with Gasteiger partial charge in [0, 0.05) is 20.8 Å². The summed E-state index contributed by atoms with van der Waals surface area (Å²) >= 11 is 5.27. The Morgan fingerprint density at radius 1 is 1.53 bits per heavy atom. The summed E-state index contributed by atoms with van der Waals surface area (Å²) in [5, 5.41) is 5.56. The van der Waals surface area contributed by atoms with Crippen molar-refractivity contribution in [3.8, 4) is 0 Å². The highest BCUT2D eigenvalue weighted by Crippen LogP contribution is 2.19. The summed E-state index contributed by atoms with van der Waals surface area (Å²) in [4.78, 5) is 1.43. The van der Waals surface area contributed by atoms with Crippen molar-refractivity contribution in [2.24, 2.45) is 5.73 Å². The van der Waals surface area contributed by atoms with E-state index in [9.17, 15) is 0 Å². The molecular weight excluding hydrogens is 272 g/mol. The standard InChI is InChI=1S/C11H19BrN2S/c1-9(13)3-2-5-14-6-4-11-7-10(12)8-15-11/h7-9,14H,2-6,13H2,1H3. The molecule has 0 saturated heterocycles. The largest absolute Gasteiger partial charge is 0.328 e. The lowest BCUT2D eigenvalue weighted by Gasteiger charge is -2.05. The summed E-state index contributed by atoms with van der Waals surface area (Å²) in [6.45, 7) is 4.20. The Bertz CT molecular complexity index is 273. The number of hydrogen-bond donors (Lipinski definition) is 2. The van der Waals surface area contributed by atoms with Gasteiger partial charge < -0.3 is 11.1 Å². The Labute approximate surface area is 104 Å². The maximum absolute atomic E-state index is 5.67. The molecule has 0 spiro atoms. The van der Waals surface area contributed by atoms with Gasteiger partial charge in [-0.05, 0) is 61.3 Å². The van der Waals surface area contributed by atoms with Gasteiger partial charge in [-0.2, -0.15) is 0 Å². The van der Waals surface area contributed by atoms with Gasteiger partial charge in [-0.15, -0.1) is 11.3 Å². The van der Waals surface area contributed by atoms with Crippen LogP contribution in [-0.4, -0.2) is 19.1 Å². The topological polar surface area (TPSA) is 38.0 Å². The monoisotopic (exact) mass is 290 g/mol. The Hall–Kier alpha value is 0.1000. The third kappa shape index (κ3) is 6.30. The van der Waals surface area contributed by atoms with Crippen molar-refractivity contribution in [3.63, 3.8) is 0 Å². The molecule has 0 radical (unpaired) electrons. The number of halogens is 1. The van der Waals surface area contributed by atoms with Crippen molar-refractivity contribution in [3.05, 3.63) is 20.8 Å². The highest BCUT2D eigenvalue weighted by molar-refractivity contribution is 9.10. The predicted molar refractivity (Wildman–Crippen MR) is 71.5 cm³/mol. The lowest BCUT2D eigenvalue weighted by Crippen LogP contribution is -2.21. The molecule has 0 aliphatic rings. The molecule has 0 aromatic carbocycles. The third-order valence-corrected chi connectivity index (χ3v) is 3.94. The van der Waals surface area contributed by atoms with Gasteiger partial charge in [0.1, 0.15) is 0 Å². The van der Waals surface area contributed by atoms with Crippen LogP contribution in [0.5, 0.6) is 0 Å². The SMILES string of the molecule is CC(N)CCCNCCc1cc(Br)cs1. The van der Waals surface area contributed by atoms with Gasteiger partial charge in [0.25, 0.3) is 0 Å². The molecule has 0 aliphatic carbocycles. The second kappa shape index (κ2) is 7.39. The smallest absolute Gasteiger partial charge is 0.0285 e. The molecule has 1 aromatic rings. The first-order valence-corrected chi connectivity index (χ1v) is 7.05. The number of thiophene rings is 1. The molecule has 0 aliphatic heterocycles. The molecule has 2 nitrogen and oxygen atoms in total. The van der Waals surface area contributed by atoms with Crippen molar-refractivity contribution in [2.45, 2.75) is 32.2 Å². The van der Waals surface area contributed by atoms with E-state index in [4.69, 9.17) is 5.73 Å². The van der Waals surface area contributed by atoms with Crippen LogP contribution in [0.15, 0.2) is 15.9 Å². The molecule has 0 fully saturated rings. The van der Waals surface area contributed by atoms with Crippen LogP contribution in [0.1, 0.15) is 24.6 Å². The minimum absolute atomic E-state index is 0.333. The van der Waals surface area contributed by atoms with Crippen molar-refractivity contribution < 1.29 is 0 Å². The molecule has 86 valence electrons. The summed E-state index contributed by atoms with van der Waals surface area (Å²) in [6.07, 6.45) is 3.40. The van der Waals surface area contributed by atoms with Crippen LogP contribution in [0.3, 0.4) is 0 Å². The van der Waals surface area contributed by atoms with Crippen LogP contribution >= 0.6 is 27.3 Å². The molecule has 1 unspecified atom stereocenters. The van der Waals surface area contributed by atoms with Gasteiger partial charge >= 0.3 is 0 Å². The Morgan fingerprint density at radius 2 is 2.33 bits per heavy atom. The van der Waals surface area contributed by atoms with Gasteiger partial charge in [0.2, 0.25) is 0 Å². The van der Waals surface area contributed by atoms with Crippen molar-refractivity contribution in [1.29, 1.82) is 0 Å². The van der Waals surface area contributed by atoms with Crippen LogP contribution in [0.2, 0.25) is 0 Å². The van der Waals surface area contributed by atoms with Crippen LogP contribution in [-0.2, 0) is 6.42 Å². The van der Waals surface area contributed by atoms with Crippen LogP contribution in [0.4, 0.5) is 0 Å². The molecule has 1 aromatic heterocycles. The molecule has 1 atom stereocenters. The lowest BCUT2D eigenvalue weighted by atomic mass is 10.2. The van der Waals surface area contributed by atoms with Gasteiger partial charge in [-0.25, -0.2) is 0 Å². The minimum Gasteiger partial charge on any atom is -0.328 e. The second-order valence-corrected chi connectivity index (χ2v) is 5.76. The first-order valence-electron chi connectivity index (χ1n) is 5.37. The normalized spacial score (nSPS) is 13.0. The van der Waals surface area contributed by atoms with E-state index < -0.39 is 0 Å². The van der Waals surface area contributed by atoms with E-state index in [2.05, 4.69) is 39.6 Å². The van der Waals surface area contributed by atoms with Crippen LogP contribution in [0, 0.1) is 0 Å². The number of rotatable bonds is 7. The summed E-state index contributed by atoms with van der Waals surface area (Å²) < 4.78 is 1.19. The van der Waals surface area contributed by atoms with E-state index in [1.165, 1.54) is 15.8 Å². The Morgan fingerprint density at radius 3 is 2.93 bits per heavy atom. The predicted octanol–water partition coefficient (Wildman–Crippen LogP) is 2.77. The molecular formula is C11H19BrN2S. The summed E-state index contributed by atoms with van der Waals surface area (Å²) in [5.41, 5.74) is 5.67. The third-order valence-electron chi connectivity index (χ3n) is 2.18. The van der Waals surface area contributed by atoms with Gasteiger partial charge in [-0.1, -0.05) is 0 Å². The molecule has 4 heteroatoms. The van der Waals surface area contributed by atoms with E-state index in [0.29, 0.717) is 6.04 Å². The average Bonchev–Trinajstić information content (AvgIpc) is 2.57. The highest BCUT2D eigenvalue weighted by atomic mass is 79.9. The van der Waals surface area contributed by atoms with Gasteiger partial charge in [-0.3, -0.25) is 0 Å². The quantitative estimate of drug-likeness (QED) is 0.758. The molecule has 1 rings (SSSR count). The first-order chi connectivity index (χ1) is 7.18. The van der Waals surface area contributed by atoms with Crippen molar-refractivity contribution in [1.82, 2.24) is 5.32 Å². The van der Waals surface area contributed by atoms with E-state index in [-0.39, 0.29) is 0 Å². The number of hydrogen-bond acceptors (Lipinski definition) is 3. The zero-order chi connectivity index (χ0) is 11.1. The van der Waals surface area contributed by atoms with Gasteiger partial charge in [0.15, 0.2) is 0 Å². The zero-order valence-corrected chi connectivity index (χ0v) is 11.5. The average molecular weight is 291 g/mol. The molecule has 0 bridgehead atoms. The highest BCUT2D eigenvalue weighted by Gasteiger charge is 1.97. The van der Waals surface area contributed by atoms with Crippen molar-refractivity contribution >= 4 is 27.3 Å². The van der Waals surface area contributed by atoms with Crippen LogP contribution in [0.25, 0.3) is 0 Å². The van der Waals surface area contributed by atoms with E-state index >= 15 is 0 Å². The maximum atomic E-state index is 5.67. The van der Waals surface area contributed by atoms with E-state index in [1.807, 2.05) is 11.3 Å². The molecule has 1 heterocycles. The molecule has 15 heavy (non-hydrogen) atoms. The number of nitrogens with two attached hydrogens (primary N) is 1. The van der Waals surface area contributed by atoms with E-state index in [1.54, 1.807) is 0 Å². The summed E-state index contributed by atoms with van der Waals surface area (Å²) in [5.74, 6) is 0. The minimum atomic E-state index is 0.333. The second-order valence-electron chi connectivity index (χ2n) is 3.85. The fourth-order valence-electron chi connectivity index (χ4n) is 1.37. The fourth-order valence-corrected chi connectivity index (χ4v) is 2.83. The molecule has 0 saturated carbocycles. The fraction of sp³-hybridized carbons (Fsp3) is 0.636. The van der Waals surface area contributed by atoms with Crippen molar-refractivity contribution in [2.75, 3.05) is 13.1 Å². The van der Waals surface area contributed by atoms with E-state index in [0.717, 1.165) is 25.9 Å². The zero-order valence-electron chi connectivity index (χ0n) is 9.13. The molecule has 0 amide bonds. The lowest BCUT2D eigenvalue weighted by molar-refractivity contribution is 0.576. The molecule has 3 N–H and O–H groups in total.